The second kappa shape index (κ2) is 4.59. The average molecular weight is 262 g/mol. The number of alkyl halides is 3. The van der Waals surface area contributed by atoms with Gasteiger partial charge in [0.15, 0.2) is 0 Å². The molecule has 1 aromatic carbocycles. The summed E-state index contributed by atoms with van der Waals surface area (Å²) in [5, 5.41) is 0. The molecule has 1 aromatic rings. The number of halogens is 4. The van der Waals surface area contributed by atoms with E-state index in [0.717, 1.165) is 18.9 Å². The molecule has 0 saturated heterocycles. The predicted molar refractivity (Wildman–Crippen MR) is 55.0 cm³/mol. The molecule has 6 heteroatoms. The molecular formula is C12H10F4O2. The summed E-state index contributed by atoms with van der Waals surface area (Å²) in [6.45, 7) is 0.210. The van der Waals surface area contributed by atoms with Gasteiger partial charge in [-0.05, 0) is 30.9 Å². The standard InChI is InChI=1S/C12H10F4O2/c13-8-2-1-3-9(18-6-7-4-5-7)10(8)11(17)12(14,15)16/h1-3,7H,4-6H2. The highest BCUT2D eigenvalue weighted by Gasteiger charge is 2.42. The maximum Gasteiger partial charge on any atom is 0.455 e. The summed E-state index contributed by atoms with van der Waals surface area (Å²) in [5.74, 6) is -3.48. The third kappa shape index (κ3) is 2.80. The van der Waals surface area contributed by atoms with Crippen LogP contribution in [0.5, 0.6) is 5.75 Å². The summed E-state index contributed by atoms with van der Waals surface area (Å²) in [6, 6.07) is 3.19. The predicted octanol–water partition coefficient (Wildman–Crippen LogP) is 3.36. The minimum atomic E-state index is -5.11. The van der Waals surface area contributed by atoms with E-state index in [9.17, 15) is 22.4 Å². The van der Waals surface area contributed by atoms with Crippen molar-refractivity contribution in [2.24, 2.45) is 5.92 Å². The number of hydrogen-bond acceptors (Lipinski definition) is 2. The van der Waals surface area contributed by atoms with Crippen molar-refractivity contribution >= 4 is 5.78 Å². The van der Waals surface area contributed by atoms with Crippen LogP contribution in [0, 0.1) is 11.7 Å². The molecule has 0 heterocycles. The molecule has 0 unspecified atom stereocenters. The van der Waals surface area contributed by atoms with E-state index in [1.165, 1.54) is 12.1 Å². The van der Waals surface area contributed by atoms with E-state index >= 15 is 0 Å². The van der Waals surface area contributed by atoms with Gasteiger partial charge in [0.05, 0.1) is 6.61 Å². The number of carbonyl (C=O) groups is 1. The first-order valence-corrected chi connectivity index (χ1v) is 5.42. The molecule has 0 amide bonds. The highest BCUT2D eigenvalue weighted by Crippen LogP contribution is 2.33. The first-order chi connectivity index (χ1) is 8.39. The molecular weight excluding hydrogens is 252 g/mol. The number of ether oxygens (including phenoxy) is 1. The maximum atomic E-state index is 13.4. The fraction of sp³-hybridized carbons (Fsp3) is 0.417. The van der Waals surface area contributed by atoms with Crippen LogP contribution >= 0.6 is 0 Å². The Morgan fingerprint density at radius 2 is 2.00 bits per heavy atom. The summed E-state index contributed by atoms with van der Waals surface area (Å²) < 4.78 is 55.5. The van der Waals surface area contributed by atoms with E-state index in [2.05, 4.69) is 0 Å². The minimum Gasteiger partial charge on any atom is -0.492 e. The van der Waals surface area contributed by atoms with Crippen molar-refractivity contribution < 1.29 is 27.1 Å². The highest BCUT2D eigenvalue weighted by molar-refractivity contribution is 6.02. The number of rotatable bonds is 4. The van der Waals surface area contributed by atoms with E-state index < -0.39 is 23.3 Å². The summed E-state index contributed by atoms with van der Waals surface area (Å²) in [7, 11) is 0. The molecule has 0 atom stereocenters. The third-order valence-corrected chi connectivity index (χ3v) is 2.63. The van der Waals surface area contributed by atoms with E-state index in [4.69, 9.17) is 4.74 Å². The Labute approximate surface area is 101 Å². The molecule has 1 fully saturated rings. The van der Waals surface area contributed by atoms with Crippen molar-refractivity contribution in [2.75, 3.05) is 6.61 Å². The Bertz CT molecular complexity index is 464. The monoisotopic (exact) mass is 262 g/mol. The largest absolute Gasteiger partial charge is 0.492 e. The molecule has 0 N–H and O–H groups in total. The first-order valence-electron chi connectivity index (χ1n) is 5.42. The molecule has 1 aliphatic rings. The summed E-state index contributed by atoms with van der Waals surface area (Å²) in [4.78, 5) is 11.1. The van der Waals surface area contributed by atoms with Crippen LogP contribution in [0.3, 0.4) is 0 Å². The van der Waals surface area contributed by atoms with Crippen LogP contribution in [0.4, 0.5) is 17.6 Å². The zero-order valence-electron chi connectivity index (χ0n) is 9.26. The molecule has 98 valence electrons. The van der Waals surface area contributed by atoms with Gasteiger partial charge < -0.3 is 4.74 Å². The quantitative estimate of drug-likeness (QED) is 0.614. The molecule has 1 aliphatic carbocycles. The smallest absolute Gasteiger partial charge is 0.455 e. The summed E-state index contributed by atoms with van der Waals surface area (Å²) in [5.41, 5.74) is -1.04. The van der Waals surface area contributed by atoms with E-state index in [1.54, 1.807) is 0 Å². The SMILES string of the molecule is O=C(c1c(F)cccc1OCC1CC1)C(F)(F)F. The van der Waals surface area contributed by atoms with Crippen LogP contribution in [0.15, 0.2) is 18.2 Å². The normalized spacial score (nSPS) is 15.6. The van der Waals surface area contributed by atoms with Gasteiger partial charge in [-0.3, -0.25) is 4.79 Å². The van der Waals surface area contributed by atoms with Crippen LogP contribution < -0.4 is 4.74 Å². The zero-order chi connectivity index (χ0) is 13.3. The van der Waals surface area contributed by atoms with Gasteiger partial charge in [0.1, 0.15) is 17.1 Å². The van der Waals surface area contributed by atoms with Crippen molar-refractivity contribution in [1.29, 1.82) is 0 Å². The number of hydrogen-bond donors (Lipinski definition) is 0. The zero-order valence-corrected chi connectivity index (χ0v) is 9.26. The van der Waals surface area contributed by atoms with Gasteiger partial charge in [0.25, 0.3) is 5.78 Å². The Hall–Kier alpha value is -1.59. The Kier molecular flexibility index (Phi) is 3.28. The maximum absolute atomic E-state index is 13.4. The van der Waals surface area contributed by atoms with Gasteiger partial charge in [-0.1, -0.05) is 6.07 Å². The van der Waals surface area contributed by atoms with Gasteiger partial charge in [0, 0.05) is 0 Å². The third-order valence-electron chi connectivity index (χ3n) is 2.63. The van der Waals surface area contributed by atoms with E-state index in [1.807, 2.05) is 0 Å². The summed E-state index contributed by atoms with van der Waals surface area (Å²) in [6.07, 6.45) is -3.23. The van der Waals surface area contributed by atoms with E-state index in [0.29, 0.717) is 5.92 Å². The van der Waals surface area contributed by atoms with Crippen LogP contribution in [0.2, 0.25) is 0 Å². The second-order valence-electron chi connectivity index (χ2n) is 4.19. The van der Waals surface area contributed by atoms with Crippen molar-refractivity contribution in [3.05, 3.63) is 29.6 Å². The molecule has 1 saturated carbocycles. The lowest BCUT2D eigenvalue weighted by Gasteiger charge is -2.12. The van der Waals surface area contributed by atoms with Gasteiger partial charge in [0.2, 0.25) is 0 Å². The first kappa shape index (κ1) is 12.9. The molecule has 2 rings (SSSR count). The van der Waals surface area contributed by atoms with Crippen LogP contribution in [-0.4, -0.2) is 18.6 Å². The lowest BCUT2D eigenvalue weighted by molar-refractivity contribution is -0.0889. The van der Waals surface area contributed by atoms with Crippen molar-refractivity contribution in [1.82, 2.24) is 0 Å². The molecule has 2 nitrogen and oxygen atoms in total. The fourth-order valence-electron chi connectivity index (χ4n) is 1.48. The Balaban J connectivity index is 2.27. The van der Waals surface area contributed by atoms with Gasteiger partial charge in [-0.25, -0.2) is 4.39 Å². The molecule has 18 heavy (non-hydrogen) atoms. The number of Topliss-reactive ketones (excluding diaryl/α,β-unsaturated/α-hetero) is 1. The molecule has 0 spiro atoms. The van der Waals surface area contributed by atoms with Crippen LogP contribution in [0.1, 0.15) is 23.2 Å². The van der Waals surface area contributed by atoms with Crippen LogP contribution in [0.25, 0.3) is 0 Å². The van der Waals surface area contributed by atoms with Crippen molar-refractivity contribution in [3.8, 4) is 5.75 Å². The number of ketones is 1. The van der Waals surface area contributed by atoms with E-state index in [-0.39, 0.29) is 12.4 Å². The second-order valence-corrected chi connectivity index (χ2v) is 4.19. The topological polar surface area (TPSA) is 26.3 Å². The van der Waals surface area contributed by atoms with Gasteiger partial charge in [-0.15, -0.1) is 0 Å². The van der Waals surface area contributed by atoms with Crippen LogP contribution in [-0.2, 0) is 0 Å². The molecule has 0 aliphatic heterocycles. The molecule has 0 radical (unpaired) electrons. The average Bonchev–Trinajstić information content (AvgIpc) is 3.08. The lowest BCUT2D eigenvalue weighted by Crippen LogP contribution is -2.24. The minimum absolute atomic E-state index is 0.210. The summed E-state index contributed by atoms with van der Waals surface area (Å²) >= 11 is 0. The highest BCUT2D eigenvalue weighted by atomic mass is 19.4. The number of carbonyl (C=O) groups excluding carboxylic acids is 1. The number of benzene rings is 1. The molecule has 0 bridgehead atoms. The Morgan fingerprint density at radius 3 is 2.56 bits per heavy atom. The fourth-order valence-corrected chi connectivity index (χ4v) is 1.48. The lowest BCUT2D eigenvalue weighted by atomic mass is 10.1. The molecule has 0 aromatic heterocycles. The Morgan fingerprint density at radius 1 is 1.33 bits per heavy atom. The van der Waals surface area contributed by atoms with Crippen molar-refractivity contribution in [2.45, 2.75) is 19.0 Å². The van der Waals surface area contributed by atoms with Crippen molar-refractivity contribution in [3.63, 3.8) is 0 Å². The van der Waals surface area contributed by atoms with Gasteiger partial charge >= 0.3 is 6.18 Å². The van der Waals surface area contributed by atoms with Gasteiger partial charge in [-0.2, -0.15) is 13.2 Å².